The fourth-order valence-corrected chi connectivity index (χ4v) is 3.74. The van der Waals surface area contributed by atoms with Crippen LogP contribution in [-0.2, 0) is 0 Å². The lowest BCUT2D eigenvalue weighted by molar-refractivity contribution is 1.31. The van der Waals surface area contributed by atoms with E-state index >= 15 is 0 Å². The molecule has 3 rings (SSSR count). The molecular formula is C12H6Br2S. The molecule has 2 aromatic carbocycles. The monoisotopic (exact) mass is 340 g/mol. The van der Waals surface area contributed by atoms with E-state index in [1.807, 2.05) is 17.8 Å². The zero-order chi connectivity index (χ0) is 10.4. The van der Waals surface area contributed by atoms with Gasteiger partial charge in [0, 0.05) is 18.7 Å². The lowest BCUT2D eigenvalue weighted by Gasteiger charge is -2.04. The molecule has 0 fully saturated rings. The Kier molecular flexibility index (Phi) is 2.42. The van der Waals surface area contributed by atoms with E-state index in [1.54, 1.807) is 0 Å². The van der Waals surface area contributed by atoms with Crippen molar-refractivity contribution in [2.75, 3.05) is 0 Å². The van der Waals surface area contributed by atoms with Crippen LogP contribution in [0.1, 0.15) is 0 Å². The zero-order valence-electron chi connectivity index (χ0n) is 7.63. The van der Waals surface area contributed by atoms with Crippen molar-refractivity contribution in [1.82, 2.24) is 0 Å². The molecule has 0 atom stereocenters. The van der Waals surface area contributed by atoms with Gasteiger partial charge in [0.15, 0.2) is 0 Å². The van der Waals surface area contributed by atoms with Crippen LogP contribution in [-0.4, -0.2) is 0 Å². The number of hydrogen-bond acceptors (Lipinski definition) is 1. The maximum Gasteiger partial charge on any atom is 0.0474 e. The van der Waals surface area contributed by atoms with Gasteiger partial charge in [-0.2, -0.15) is 0 Å². The van der Waals surface area contributed by atoms with Crippen LogP contribution < -0.4 is 0 Å². The molecule has 74 valence electrons. The first-order valence-corrected chi connectivity index (χ1v) is 6.93. The highest BCUT2D eigenvalue weighted by molar-refractivity contribution is 9.13. The van der Waals surface area contributed by atoms with Crippen molar-refractivity contribution in [2.45, 2.75) is 9.79 Å². The first-order valence-electron chi connectivity index (χ1n) is 4.52. The highest BCUT2D eigenvalue weighted by Crippen LogP contribution is 2.57. The van der Waals surface area contributed by atoms with Gasteiger partial charge in [0.1, 0.15) is 0 Å². The van der Waals surface area contributed by atoms with E-state index < -0.39 is 0 Å². The number of fused-ring (bicyclic) bond motifs is 1. The number of benzene rings is 2. The molecule has 0 aromatic heterocycles. The summed E-state index contributed by atoms with van der Waals surface area (Å²) >= 11 is 9.08. The van der Waals surface area contributed by atoms with Crippen LogP contribution in [0.2, 0.25) is 0 Å². The zero-order valence-corrected chi connectivity index (χ0v) is 11.6. The van der Waals surface area contributed by atoms with Gasteiger partial charge < -0.3 is 0 Å². The Morgan fingerprint density at radius 1 is 0.933 bits per heavy atom. The van der Waals surface area contributed by atoms with Crippen molar-refractivity contribution < 1.29 is 0 Å². The van der Waals surface area contributed by atoms with Crippen LogP contribution in [0.4, 0.5) is 0 Å². The largest absolute Gasteiger partial charge is 0.0864 e. The van der Waals surface area contributed by atoms with E-state index in [-0.39, 0.29) is 0 Å². The van der Waals surface area contributed by atoms with E-state index in [1.165, 1.54) is 25.4 Å². The summed E-state index contributed by atoms with van der Waals surface area (Å²) < 4.78 is 2.33. The number of hydrogen-bond donors (Lipinski definition) is 0. The van der Waals surface area contributed by atoms with Gasteiger partial charge in [-0.1, -0.05) is 42.1 Å². The molecule has 1 aliphatic heterocycles. The van der Waals surface area contributed by atoms with Crippen LogP contribution in [0.5, 0.6) is 0 Å². The SMILES string of the molecule is Brc1c(-c2ccccc2)cc2c(c1Br)S2. The third-order valence-electron chi connectivity index (χ3n) is 2.38. The first kappa shape index (κ1) is 9.94. The second-order valence-corrected chi connectivity index (χ2v) is 5.99. The number of halogens is 2. The summed E-state index contributed by atoms with van der Waals surface area (Å²) in [5.41, 5.74) is 2.51. The molecule has 0 radical (unpaired) electrons. The maximum absolute atomic E-state index is 3.64. The van der Waals surface area contributed by atoms with Gasteiger partial charge in [-0.15, -0.1) is 0 Å². The summed E-state index contributed by atoms with van der Waals surface area (Å²) in [5.74, 6) is 0. The molecule has 2 aromatic rings. The van der Waals surface area contributed by atoms with Gasteiger partial charge in [0.25, 0.3) is 0 Å². The standard InChI is InChI=1S/C12H6Br2S/c13-10-8(7-4-2-1-3-5-7)6-9-12(15-9)11(10)14/h1-6H. The predicted octanol–water partition coefficient (Wildman–Crippen LogP) is 5.34. The Morgan fingerprint density at radius 2 is 1.67 bits per heavy atom. The smallest absolute Gasteiger partial charge is 0.0474 e. The van der Waals surface area contributed by atoms with E-state index in [4.69, 9.17) is 0 Å². The minimum atomic E-state index is 1.15. The second kappa shape index (κ2) is 3.65. The van der Waals surface area contributed by atoms with Crippen molar-refractivity contribution in [2.24, 2.45) is 0 Å². The molecule has 1 aliphatic rings. The topological polar surface area (TPSA) is 0 Å². The van der Waals surface area contributed by atoms with Gasteiger partial charge in [-0.25, -0.2) is 0 Å². The second-order valence-electron chi connectivity index (χ2n) is 3.35. The molecule has 0 nitrogen and oxygen atoms in total. The van der Waals surface area contributed by atoms with Gasteiger partial charge >= 0.3 is 0 Å². The molecule has 1 heterocycles. The van der Waals surface area contributed by atoms with Crippen molar-refractivity contribution in [3.63, 3.8) is 0 Å². The average Bonchev–Trinajstić information content (AvgIpc) is 3.04. The molecule has 0 aliphatic carbocycles. The summed E-state index contributed by atoms with van der Waals surface area (Å²) in [4.78, 5) is 2.74. The van der Waals surface area contributed by atoms with Crippen molar-refractivity contribution in [3.8, 4) is 11.1 Å². The number of rotatable bonds is 1. The fourth-order valence-electron chi connectivity index (χ4n) is 1.57. The van der Waals surface area contributed by atoms with Gasteiger partial charge in [0.2, 0.25) is 0 Å². The molecule has 15 heavy (non-hydrogen) atoms. The molecule has 0 unspecified atom stereocenters. The van der Waals surface area contributed by atoms with E-state index in [2.05, 4.69) is 62.2 Å². The quantitative estimate of drug-likeness (QED) is 0.538. The van der Waals surface area contributed by atoms with Crippen molar-refractivity contribution in [3.05, 3.63) is 45.3 Å². The Morgan fingerprint density at radius 3 is 2.40 bits per heavy atom. The molecule has 0 saturated heterocycles. The molecular weight excluding hydrogens is 336 g/mol. The lowest BCUT2D eigenvalue weighted by atomic mass is 10.1. The van der Waals surface area contributed by atoms with E-state index in [0.29, 0.717) is 0 Å². The molecule has 0 amide bonds. The molecule has 3 heteroatoms. The maximum atomic E-state index is 3.64. The van der Waals surface area contributed by atoms with Crippen LogP contribution in [0.25, 0.3) is 11.1 Å². The first-order chi connectivity index (χ1) is 7.27. The van der Waals surface area contributed by atoms with Gasteiger partial charge in [-0.05, 0) is 49.1 Å². The molecule has 0 spiro atoms. The molecule has 0 saturated carbocycles. The van der Waals surface area contributed by atoms with E-state index in [9.17, 15) is 0 Å². The van der Waals surface area contributed by atoms with Crippen molar-refractivity contribution in [1.29, 1.82) is 0 Å². The lowest BCUT2D eigenvalue weighted by Crippen LogP contribution is -1.79. The Balaban J connectivity index is 2.23. The third kappa shape index (κ3) is 1.67. The summed E-state index contributed by atoms with van der Waals surface area (Å²) in [7, 11) is 0. The highest BCUT2D eigenvalue weighted by atomic mass is 79.9. The predicted molar refractivity (Wildman–Crippen MR) is 71.4 cm³/mol. The van der Waals surface area contributed by atoms with Gasteiger partial charge in [0.05, 0.1) is 0 Å². The highest BCUT2D eigenvalue weighted by Gasteiger charge is 2.26. The molecule has 0 N–H and O–H groups in total. The van der Waals surface area contributed by atoms with E-state index in [0.717, 1.165) is 4.47 Å². The minimum absolute atomic E-state index is 1.15. The summed E-state index contributed by atoms with van der Waals surface area (Å²) in [6.07, 6.45) is 0. The fraction of sp³-hybridized carbons (Fsp3) is 0. The summed E-state index contributed by atoms with van der Waals surface area (Å²) in [6.45, 7) is 0. The van der Waals surface area contributed by atoms with Crippen LogP contribution in [0.3, 0.4) is 0 Å². The Labute approximate surface area is 109 Å². The summed E-state index contributed by atoms with van der Waals surface area (Å²) in [5, 5.41) is 0. The minimum Gasteiger partial charge on any atom is -0.0864 e. The van der Waals surface area contributed by atoms with Crippen molar-refractivity contribution >= 4 is 43.6 Å². The Hall–Kier alpha value is -0.250. The van der Waals surface area contributed by atoms with Crippen LogP contribution in [0, 0.1) is 0 Å². The third-order valence-corrected chi connectivity index (χ3v) is 5.76. The van der Waals surface area contributed by atoms with Crippen LogP contribution in [0.15, 0.2) is 55.1 Å². The van der Waals surface area contributed by atoms with Gasteiger partial charge in [-0.3, -0.25) is 0 Å². The average molecular weight is 342 g/mol. The Bertz CT molecular complexity index is 535. The normalized spacial score (nSPS) is 12.4. The summed E-state index contributed by atoms with van der Waals surface area (Å²) in [6, 6.07) is 12.7. The molecule has 0 bridgehead atoms. The van der Waals surface area contributed by atoms with Crippen LogP contribution >= 0.6 is 43.6 Å².